The van der Waals surface area contributed by atoms with Crippen molar-refractivity contribution in [3.05, 3.63) is 29.8 Å². The van der Waals surface area contributed by atoms with Crippen LogP contribution in [0.2, 0.25) is 0 Å². The molecule has 17 heavy (non-hydrogen) atoms. The molecule has 2 N–H and O–H groups in total. The topological polar surface area (TPSA) is 78.6 Å². The van der Waals surface area contributed by atoms with Gasteiger partial charge in [-0.25, -0.2) is 0 Å². The van der Waals surface area contributed by atoms with Gasteiger partial charge < -0.3 is 15.2 Å². The van der Waals surface area contributed by atoms with Crippen LogP contribution in [0.1, 0.15) is 12.5 Å². The Labute approximate surface area is 99.5 Å². The lowest BCUT2D eigenvalue weighted by molar-refractivity contribution is -0.153. The third-order valence-electron chi connectivity index (χ3n) is 2.22. The Bertz CT molecular complexity index is 399. The molecule has 92 valence electrons. The van der Waals surface area contributed by atoms with Gasteiger partial charge in [-0.2, -0.15) is 0 Å². The van der Waals surface area contributed by atoms with Crippen LogP contribution in [-0.4, -0.2) is 25.1 Å². The molecule has 0 saturated heterocycles. The molecule has 5 heteroatoms. The van der Waals surface area contributed by atoms with Gasteiger partial charge in [0.1, 0.15) is 5.75 Å². The Morgan fingerprint density at radius 1 is 1.29 bits per heavy atom. The van der Waals surface area contributed by atoms with Crippen LogP contribution in [-0.2, 0) is 20.7 Å². The third-order valence-corrected chi connectivity index (χ3v) is 2.22. The zero-order valence-electron chi connectivity index (χ0n) is 9.80. The van der Waals surface area contributed by atoms with Crippen LogP contribution >= 0.6 is 0 Å². The van der Waals surface area contributed by atoms with Crippen LogP contribution in [0, 0.1) is 0 Å². The second-order valence-electron chi connectivity index (χ2n) is 3.56. The molecule has 1 amide bonds. The SMILES string of the molecule is COc1ccc(CC(=O)O[C@H](C)C(N)=O)cc1. The van der Waals surface area contributed by atoms with Crippen molar-refractivity contribution in [2.24, 2.45) is 5.73 Å². The molecule has 0 aliphatic heterocycles. The van der Waals surface area contributed by atoms with Crippen molar-refractivity contribution in [1.82, 2.24) is 0 Å². The molecule has 0 aromatic heterocycles. The molecule has 0 fully saturated rings. The van der Waals surface area contributed by atoms with Crippen molar-refractivity contribution in [3.8, 4) is 5.75 Å². The molecule has 5 nitrogen and oxygen atoms in total. The van der Waals surface area contributed by atoms with E-state index in [0.717, 1.165) is 5.56 Å². The van der Waals surface area contributed by atoms with Gasteiger partial charge in [0.15, 0.2) is 6.10 Å². The molecule has 1 rings (SSSR count). The summed E-state index contributed by atoms with van der Waals surface area (Å²) in [6.45, 7) is 1.44. The predicted molar refractivity (Wildman–Crippen MR) is 61.4 cm³/mol. The number of ether oxygens (including phenoxy) is 2. The highest BCUT2D eigenvalue weighted by Crippen LogP contribution is 2.12. The largest absolute Gasteiger partial charge is 0.497 e. The molecule has 0 bridgehead atoms. The number of esters is 1. The van der Waals surface area contributed by atoms with Crippen LogP contribution < -0.4 is 10.5 Å². The van der Waals surface area contributed by atoms with Crippen molar-refractivity contribution < 1.29 is 19.1 Å². The molecule has 0 spiro atoms. The molecular formula is C12H15NO4. The monoisotopic (exact) mass is 237 g/mol. The van der Waals surface area contributed by atoms with E-state index in [2.05, 4.69) is 0 Å². The molecule has 1 atom stereocenters. The van der Waals surface area contributed by atoms with E-state index in [1.807, 2.05) is 0 Å². The van der Waals surface area contributed by atoms with Crippen LogP contribution in [0.3, 0.4) is 0 Å². The van der Waals surface area contributed by atoms with E-state index >= 15 is 0 Å². The van der Waals surface area contributed by atoms with E-state index in [4.69, 9.17) is 15.2 Å². The zero-order valence-corrected chi connectivity index (χ0v) is 9.80. The highest BCUT2D eigenvalue weighted by Gasteiger charge is 2.14. The fourth-order valence-corrected chi connectivity index (χ4v) is 1.21. The Balaban J connectivity index is 2.53. The molecule has 0 aliphatic rings. The van der Waals surface area contributed by atoms with Gasteiger partial charge >= 0.3 is 5.97 Å². The molecule has 1 aromatic carbocycles. The van der Waals surface area contributed by atoms with E-state index in [0.29, 0.717) is 5.75 Å². The number of hydrogen-bond donors (Lipinski definition) is 1. The average molecular weight is 237 g/mol. The Kier molecular flexibility index (Phi) is 4.51. The highest BCUT2D eigenvalue weighted by atomic mass is 16.5. The summed E-state index contributed by atoms with van der Waals surface area (Å²) in [7, 11) is 1.57. The summed E-state index contributed by atoms with van der Waals surface area (Å²) >= 11 is 0. The van der Waals surface area contributed by atoms with Crippen LogP contribution in [0.5, 0.6) is 5.75 Å². The first-order valence-electron chi connectivity index (χ1n) is 5.14. The Morgan fingerprint density at radius 2 is 1.88 bits per heavy atom. The first kappa shape index (κ1) is 13.0. The maximum atomic E-state index is 11.4. The van der Waals surface area contributed by atoms with Gasteiger partial charge in [-0.3, -0.25) is 9.59 Å². The summed E-state index contributed by atoms with van der Waals surface area (Å²) in [5.41, 5.74) is 5.77. The number of nitrogens with two attached hydrogens (primary N) is 1. The predicted octanol–water partition coefficient (Wildman–Crippen LogP) is 0.655. The van der Waals surface area contributed by atoms with E-state index in [-0.39, 0.29) is 6.42 Å². The number of amides is 1. The van der Waals surface area contributed by atoms with Crippen molar-refractivity contribution in [3.63, 3.8) is 0 Å². The smallest absolute Gasteiger partial charge is 0.311 e. The molecule has 1 aromatic rings. The third kappa shape index (κ3) is 4.14. The number of carbonyl (C=O) groups is 2. The molecule has 0 saturated carbocycles. The number of rotatable bonds is 5. The van der Waals surface area contributed by atoms with Crippen LogP contribution in [0.4, 0.5) is 0 Å². The highest BCUT2D eigenvalue weighted by molar-refractivity contribution is 5.82. The second-order valence-corrected chi connectivity index (χ2v) is 3.56. The van der Waals surface area contributed by atoms with Gasteiger partial charge in [-0.1, -0.05) is 12.1 Å². The first-order valence-corrected chi connectivity index (χ1v) is 5.14. The summed E-state index contributed by atoms with van der Waals surface area (Å²) in [6, 6.07) is 7.02. The second kappa shape index (κ2) is 5.89. The van der Waals surface area contributed by atoms with Crippen LogP contribution in [0.25, 0.3) is 0 Å². The van der Waals surface area contributed by atoms with Crippen molar-refractivity contribution >= 4 is 11.9 Å². The lowest BCUT2D eigenvalue weighted by Crippen LogP contribution is -2.30. The maximum absolute atomic E-state index is 11.4. The minimum atomic E-state index is -0.902. The van der Waals surface area contributed by atoms with Crippen molar-refractivity contribution in [1.29, 1.82) is 0 Å². The molecular weight excluding hydrogens is 222 g/mol. The number of hydrogen-bond acceptors (Lipinski definition) is 4. The summed E-state index contributed by atoms with van der Waals surface area (Å²) in [5, 5.41) is 0. The maximum Gasteiger partial charge on any atom is 0.311 e. The normalized spacial score (nSPS) is 11.6. The lowest BCUT2D eigenvalue weighted by atomic mass is 10.1. The average Bonchev–Trinajstić information content (AvgIpc) is 2.29. The minimum absolute atomic E-state index is 0.0988. The molecule has 0 aliphatic carbocycles. The van der Waals surface area contributed by atoms with Crippen LogP contribution in [0.15, 0.2) is 24.3 Å². The molecule has 0 radical (unpaired) electrons. The fourth-order valence-electron chi connectivity index (χ4n) is 1.21. The van der Waals surface area contributed by atoms with Gasteiger partial charge in [0.25, 0.3) is 5.91 Å². The number of primary amides is 1. The summed E-state index contributed by atoms with van der Waals surface area (Å²) in [4.78, 5) is 22.1. The Hall–Kier alpha value is -2.04. The molecule has 0 unspecified atom stereocenters. The van der Waals surface area contributed by atoms with Crippen molar-refractivity contribution in [2.45, 2.75) is 19.4 Å². The number of carbonyl (C=O) groups excluding carboxylic acids is 2. The van der Waals surface area contributed by atoms with Crippen molar-refractivity contribution in [2.75, 3.05) is 7.11 Å². The van der Waals surface area contributed by atoms with Gasteiger partial charge in [-0.05, 0) is 24.6 Å². The lowest BCUT2D eigenvalue weighted by Gasteiger charge is -2.09. The van der Waals surface area contributed by atoms with Gasteiger partial charge in [0, 0.05) is 0 Å². The number of benzene rings is 1. The zero-order chi connectivity index (χ0) is 12.8. The standard InChI is InChI=1S/C12H15NO4/c1-8(12(13)15)17-11(14)7-9-3-5-10(16-2)6-4-9/h3-6,8H,7H2,1-2H3,(H2,13,15)/t8-/m1/s1. The summed E-state index contributed by atoms with van der Waals surface area (Å²) < 4.78 is 9.82. The number of methoxy groups -OCH3 is 1. The van der Waals surface area contributed by atoms with Gasteiger partial charge in [0.2, 0.25) is 0 Å². The van der Waals surface area contributed by atoms with Gasteiger partial charge in [-0.15, -0.1) is 0 Å². The van der Waals surface area contributed by atoms with E-state index in [1.165, 1.54) is 6.92 Å². The van der Waals surface area contributed by atoms with E-state index in [1.54, 1.807) is 31.4 Å². The summed E-state index contributed by atoms with van der Waals surface area (Å²) in [6.07, 6.45) is -0.803. The first-order chi connectivity index (χ1) is 8.02. The molecule has 0 heterocycles. The summed E-state index contributed by atoms with van der Waals surface area (Å²) in [5.74, 6) is -0.429. The van der Waals surface area contributed by atoms with Gasteiger partial charge in [0.05, 0.1) is 13.5 Å². The van der Waals surface area contributed by atoms with E-state index in [9.17, 15) is 9.59 Å². The Morgan fingerprint density at radius 3 is 2.35 bits per heavy atom. The fraction of sp³-hybridized carbons (Fsp3) is 0.333. The quantitative estimate of drug-likeness (QED) is 0.763. The minimum Gasteiger partial charge on any atom is -0.497 e. The van der Waals surface area contributed by atoms with E-state index < -0.39 is 18.0 Å².